The van der Waals surface area contributed by atoms with Crippen molar-refractivity contribution in [3.8, 4) is 0 Å². The van der Waals surface area contributed by atoms with Crippen molar-refractivity contribution in [1.29, 1.82) is 0 Å². The van der Waals surface area contributed by atoms with Crippen molar-refractivity contribution >= 4 is 17.7 Å². The third kappa shape index (κ3) is 4.90. The maximum Gasteiger partial charge on any atom is 0.249 e. The lowest BCUT2D eigenvalue weighted by atomic mass is 9.66. The zero-order valence-electron chi connectivity index (χ0n) is 24.4. The average Bonchev–Trinajstić information content (AvgIpc) is 3.49. The van der Waals surface area contributed by atoms with E-state index in [0.717, 1.165) is 12.0 Å². The second-order valence-corrected chi connectivity index (χ2v) is 12.0. The Morgan fingerprint density at radius 2 is 1.77 bits per heavy atom. The van der Waals surface area contributed by atoms with E-state index in [-0.39, 0.29) is 30.2 Å². The lowest BCUT2D eigenvalue weighted by Gasteiger charge is -2.40. The Hall–Kier alpha value is -2.97. The fraction of sp³-hybridized carbons (Fsp3) is 0.594. The van der Waals surface area contributed by atoms with Crippen molar-refractivity contribution in [3.05, 3.63) is 61.2 Å². The van der Waals surface area contributed by atoms with Crippen molar-refractivity contribution < 1.29 is 24.2 Å². The van der Waals surface area contributed by atoms with Gasteiger partial charge in [-0.2, -0.15) is 0 Å². The van der Waals surface area contributed by atoms with E-state index in [1.54, 1.807) is 26.9 Å². The van der Waals surface area contributed by atoms with Gasteiger partial charge in [-0.1, -0.05) is 63.3 Å². The molecule has 0 radical (unpaired) electrons. The van der Waals surface area contributed by atoms with Gasteiger partial charge in [0.05, 0.1) is 30.1 Å². The number of nitrogens with zero attached hydrogens (tertiary/aromatic N) is 3. The standard InChI is InChI=1S/C32H45N3O5/c1-7-17-33(18-8-2)28(37)25-26-29(38)35(24(21-36)22(4)5)27(32(26)16-15-31(25,6)40-32)30(39)34(19-9-3)20-23-13-11-10-12-14-23/h7,9-14,22,24-27,36H,1,3,8,15-21H2,2,4-6H3/t24-,25+,26-,27?,31-,32?/m0/s1. The molecule has 1 aromatic carbocycles. The second-order valence-electron chi connectivity index (χ2n) is 12.0. The molecular formula is C32H45N3O5. The van der Waals surface area contributed by atoms with Gasteiger partial charge in [0.25, 0.3) is 0 Å². The van der Waals surface area contributed by atoms with Crippen molar-refractivity contribution in [1.82, 2.24) is 14.7 Å². The topological polar surface area (TPSA) is 90.4 Å². The van der Waals surface area contributed by atoms with E-state index in [2.05, 4.69) is 13.2 Å². The molecule has 3 fully saturated rings. The number of carbonyl (C=O) groups is 3. The quantitative estimate of drug-likeness (QED) is 0.380. The van der Waals surface area contributed by atoms with Crippen molar-refractivity contribution in [2.24, 2.45) is 17.8 Å². The Labute approximate surface area is 238 Å². The summed E-state index contributed by atoms with van der Waals surface area (Å²) in [5, 5.41) is 10.5. The normalized spacial score (nSPS) is 29.4. The molecule has 2 unspecified atom stereocenters. The van der Waals surface area contributed by atoms with Gasteiger partial charge in [-0.3, -0.25) is 14.4 Å². The van der Waals surface area contributed by atoms with E-state index >= 15 is 0 Å². The van der Waals surface area contributed by atoms with Crippen molar-refractivity contribution in [2.45, 2.75) is 76.8 Å². The van der Waals surface area contributed by atoms with E-state index in [1.165, 1.54) is 0 Å². The summed E-state index contributed by atoms with van der Waals surface area (Å²) in [5.74, 6) is -2.27. The summed E-state index contributed by atoms with van der Waals surface area (Å²) < 4.78 is 6.81. The van der Waals surface area contributed by atoms with Crippen LogP contribution in [-0.2, 0) is 25.7 Å². The zero-order chi connectivity index (χ0) is 29.2. The summed E-state index contributed by atoms with van der Waals surface area (Å²) in [6.45, 7) is 16.8. The number of aliphatic hydroxyl groups excluding tert-OH is 1. The number of aliphatic hydroxyl groups is 1. The van der Waals surface area contributed by atoms with Gasteiger partial charge in [-0.15, -0.1) is 13.2 Å². The molecule has 1 aromatic rings. The fourth-order valence-electron chi connectivity index (χ4n) is 7.28. The highest BCUT2D eigenvalue weighted by Gasteiger charge is 2.79. The number of hydrogen-bond acceptors (Lipinski definition) is 5. The van der Waals surface area contributed by atoms with Crippen LogP contribution in [0.3, 0.4) is 0 Å². The van der Waals surface area contributed by atoms with Crippen LogP contribution in [0.1, 0.15) is 52.5 Å². The van der Waals surface area contributed by atoms with Crippen molar-refractivity contribution in [2.75, 3.05) is 26.2 Å². The van der Waals surface area contributed by atoms with Gasteiger partial charge in [-0.25, -0.2) is 0 Å². The summed E-state index contributed by atoms with van der Waals surface area (Å²) >= 11 is 0. The summed E-state index contributed by atoms with van der Waals surface area (Å²) in [5.41, 5.74) is -1.04. The summed E-state index contributed by atoms with van der Waals surface area (Å²) in [6.07, 6.45) is 5.23. The first kappa shape index (κ1) is 30.0. The summed E-state index contributed by atoms with van der Waals surface area (Å²) in [7, 11) is 0. The number of likely N-dealkylation sites (tertiary alicyclic amines) is 1. The van der Waals surface area contributed by atoms with Gasteiger partial charge in [0.1, 0.15) is 11.6 Å². The molecule has 0 aliphatic carbocycles. The maximum absolute atomic E-state index is 14.6. The van der Waals surface area contributed by atoms with Crippen LogP contribution in [0.2, 0.25) is 0 Å². The van der Waals surface area contributed by atoms with Crippen LogP contribution < -0.4 is 0 Å². The number of fused-ring (bicyclic) bond motifs is 1. The predicted octanol–water partition coefficient (Wildman–Crippen LogP) is 3.41. The van der Waals surface area contributed by atoms with Crippen LogP contribution in [-0.4, -0.2) is 87.1 Å². The van der Waals surface area contributed by atoms with Crippen LogP contribution in [0.4, 0.5) is 0 Å². The molecule has 3 amide bonds. The van der Waals surface area contributed by atoms with Crippen LogP contribution in [0.5, 0.6) is 0 Å². The molecule has 8 heteroatoms. The van der Waals surface area contributed by atoms with Crippen LogP contribution >= 0.6 is 0 Å². The minimum atomic E-state index is -1.15. The third-order valence-electron chi connectivity index (χ3n) is 9.06. The van der Waals surface area contributed by atoms with Crippen LogP contribution in [0.15, 0.2) is 55.6 Å². The molecule has 1 spiro atoms. The van der Waals surface area contributed by atoms with E-state index in [0.29, 0.717) is 39.0 Å². The Morgan fingerprint density at radius 1 is 1.12 bits per heavy atom. The van der Waals surface area contributed by atoms with Crippen LogP contribution in [0, 0.1) is 17.8 Å². The van der Waals surface area contributed by atoms with E-state index in [1.807, 2.05) is 58.0 Å². The highest BCUT2D eigenvalue weighted by molar-refractivity contribution is 5.99. The predicted molar refractivity (Wildman–Crippen MR) is 154 cm³/mol. The van der Waals surface area contributed by atoms with E-state index in [9.17, 15) is 19.5 Å². The monoisotopic (exact) mass is 551 g/mol. The maximum atomic E-state index is 14.6. The van der Waals surface area contributed by atoms with Gasteiger partial charge in [0, 0.05) is 26.2 Å². The number of rotatable bonds is 13. The minimum absolute atomic E-state index is 0.110. The van der Waals surface area contributed by atoms with Gasteiger partial charge >= 0.3 is 0 Å². The number of amides is 3. The molecule has 218 valence electrons. The molecule has 3 saturated heterocycles. The summed E-state index contributed by atoms with van der Waals surface area (Å²) in [6, 6.07) is 8.16. The smallest absolute Gasteiger partial charge is 0.249 e. The first-order valence-electron chi connectivity index (χ1n) is 14.6. The van der Waals surface area contributed by atoms with E-state index < -0.39 is 35.1 Å². The minimum Gasteiger partial charge on any atom is -0.394 e. The zero-order valence-corrected chi connectivity index (χ0v) is 24.4. The van der Waals surface area contributed by atoms with Gasteiger partial charge in [0.2, 0.25) is 17.7 Å². The molecule has 1 N–H and O–H groups in total. The fourth-order valence-corrected chi connectivity index (χ4v) is 7.28. The molecule has 2 bridgehead atoms. The molecule has 3 aliphatic heterocycles. The number of ether oxygens (including phenoxy) is 1. The van der Waals surface area contributed by atoms with Gasteiger partial charge < -0.3 is 24.5 Å². The number of benzene rings is 1. The highest BCUT2D eigenvalue weighted by atomic mass is 16.5. The lowest BCUT2D eigenvalue weighted by molar-refractivity contribution is -0.157. The molecule has 4 rings (SSSR count). The Balaban J connectivity index is 1.81. The molecule has 8 nitrogen and oxygen atoms in total. The molecular weight excluding hydrogens is 506 g/mol. The average molecular weight is 552 g/mol. The highest BCUT2D eigenvalue weighted by Crippen LogP contribution is 2.64. The lowest BCUT2D eigenvalue weighted by Crippen LogP contribution is -2.59. The van der Waals surface area contributed by atoms with Gasteiger partial charge in [0.15, 0.2) is 0 Å². The Kier molecular flexibility index (Phi) is 8.90. The number of carbonyl (C=O) groups excluding carboxylic acids is 3. The first-order chi connectivity index (χ1) is 19.1. The molecule has 3 heterocycles. The number of hydrogen-bond donors (Lipinski definition) is 1. The summed E-state index contributed by atoms with van der Waals surface area (Å²) in [4.78, 5) is 48.2. The van der Waals surface area contributed by atoms with Crippen molar-refractivity contribution in [3.63, 3.8) is 0 Å². The second kappa shape index (κ2) is 11.9. The van der Waals surface area contributed by atoms with Crippen LogP contribution in [0.25, 0.3) is 0 Å². The molecule has 40 heavy (non-hydrogen) atoms. The molecule has 3 aliphatic rings. The first-order valence-corrected chi connectivity index (χ1v) is 14.6. The SMILES string of the molecule is C=CCN(Cc1ccccc1)C(=O)C1N([C@@H](CO)C(C)C)C(=O)[C@@H]2[C@H](C(=O)N(CC=C)CCC)[C@]3(C)CCC12O3. The Morgan fingerprint density at radius 3 is 2.35 bits per heavy atom. The largest absolute Gasteiger partial charge is 0.394 e. The Bertz CT molecular complexity index is 1120. The molecule has 6 atom stereocenters. The van der Waals surface area contributed by atoms with E-state index in [4.69, 9.17) is 4.74 Å². The molecule has 0 aromatic heterocycles. The van der Waals surface area contributed by atoms with Gasteiger partial charge in [-0.05, 0) is 37.7 Å². The third-order valence-corrected chi connectivity index (χ3v) is 9.06. The molecule has 0 saturated carbocycles.